The van der Waals surface area contributed by atoms with Crippen LogP contribution in [0, 0.1) is 0 Å². The highest BCUT2D eigenvalue weighted by atomic mass is 16.6. The first-order valence-electron chi connectivity index (χ1n) is 9.98. The molecule has 8 heteroatoms. The van der Waals surface area contributed by atoms with Crippen molar-refractivity contribution in [2.24, 2.45) is 0 Å². The standard InChI is InChI=1S/C21H29N3O5/c1-22(14-15-28-2)12-13-24-16-21(29-20(24)27)8-10-23(11-9-21)19(26)18(25)17-6-4-3-5-7-17/h3-7H,8-16H2,1-2H3. The summed E-state index contributed by atoms with van der Waals surface area (Å²) in [5, 5.41) is 0. The Kier molecular flexibility index (Phi) is 6.87. The van der Waals surface area contributed by atoms with Gasteiger partial charge in [-0.1, -0.05) is 30.3 Å². The number of likely N-dealkylation sites (N-methyl/N-ethyl adjacent to an activating group) is 1. The first kappa shape index (κ1) is 21.3. The first-order chi connectivity index (χ1) is 13.9. The fraction of sp³-hybridized carbons (Fsp3) is 0.571. The van der Waals surface area contributed by atoms with E-state index in [-0.39, 0.29) is 6.09 Å². The summed E-state index contributed by atoms with van der Waals surface area (Å²) in [6, 6.07) is 8.58. The molecule has 2 amide bonds. The lowest BCUT2D eigenvalue weighted by Crippen LogP contribution is -2.50. The third-order valence-corrected chi connectivity index (χ3v) is 5.66. The van der Waals surface area contributed by atoms with Crippen molar-refractivity contribution in [1.29, 1.82) is 0 Å². The molecule has 0 saturated carbocycles. The molecule has 0 N–H and O–H groups in total. The molecule has 2 saturated heterocycles. The van der Waals surface area contributed by atoms with Crippen molar-refractivity contribution in [3.8, 4) is 0 Å². The molecule has 8 nitrogen and oxygen atoms in total. The summed E-state index contributed by atoms with van der Waals surface area (Å²) in [6.07, 6.45) is 0.788. The van der Waals surface area contributed by atoms with Crippen LogP contribution in [0.1, 0.15) is 23.2 Å². The zero-order valence-electron chi connectivity index (χ0n) is 17.1. The predicted molar refractivity (Wildman–Crippen MR) is 107 cm³/mol. The summed E-state index contributed by atoms with van der Waals surface area (Å²) in [5.41, 5.74) is -0.164. The van der Waals surface area contributed by atoms with Crippen molar-refractivity contribution in [2.75, 3.05) is 60.0 Å². The Morgan fingerprint density at radius 1 is 1.17 bits per heavy atom. The summed E-state index contributed by atoms with van der Waals surface area (Å²) in [6.45, 7) is 4.13. The van der Waals surface area contributed by atoms with E-state index in [0.29, 0.717) is 51.2 Å². The quantitative estimate of drug-likeness (QED) is 0.480. The van der Waals surface area contributed by atoms with Gasteiger partial charge in [0.15, 0.2) is 0 Å². The number of methoxy groups -OCH3 is 1. The normalized spacial score (nSPS) is 18.4. The van der Waals surface area contributed by atoms with Gasteiger partial charge in [-0.05, 0) is 7.05 Å². The summed E-state index contributed by atoms with van der Waals surface area (Å²) in [7, 11) is 3.66. The maximum absolute atomic E-state index is 12.5. The summed E-state index contributed by atoms with van der Waals surface area (Å²) >= 11 is 0. The number of rotatable bonds is 8. The van der Waals surface area contributed by atoms with E-state index < -0.39 is 17.3 Å². The maximum Gasteiger partial charge on any atom is 0.410 e. The Morgan fingerprint density at radius 3 is 2.52 bits per heavy atom. The molecule has 2 aliphatic heterocycles. The van der Waals surface area contributed by atoms with Crippen molar-refractivity contribution < 1.29 is 23.9 Å². The van der Waals surface area contributed by atoms with Crippen molar-refractivity contribution in [2.45, 2.75) is 18.4 Å². The van der Waals surface area contributed by atoms with Gasteiger partial charge in [-0.3, -0.25) is 9.59 Å². The first-order valence-corrected chi connectivity index (χ1v) is 9.98. The van der Waals surface area contributed by atoms with Crippen LogP contribution in [0.4, 0.5) is 4.79 Å². The van der Waals surface area contributed by atoms with E-state index in [9.17, 15) is 14.4 Å². The monoisotopic (exact) mass is 403 g/mol. The van der Waals surface area contributed by atoms with Crippen LogP contribution in [-0.2, 0) is 14.3 Å². The number of ketones is 1. The minimum absolute atomic E-state index is 0.301. The van der Waals surface area contributed by atoms with Gasteiger partial charge in [0.05, 0.1) is 13.2 Å². The Balaban J connectivity index is 1.50. The lowest BCUT2D eigenvalue weighted by atomic mass is 9.91. The Morgan fingerprint density at radius 2 is 1.86 bits per heavy atom. The largest absolute Gasteiger partial charge is 0.441 e. The molecule has 0 unspecified atom stereocenters. The van der Waals surface area contributed by atoms with Crippen LogP contribution in [0.3, 0.4) is 0 Å². The van der Waals surface area contributed by atoms with Crippen LogP contribution >= 0.6 is 0 Å². The summed E-state index contributed by atoms with van der Waals surface area (Å²) < 4.78 is 10.8. The van der Waals surface area contributed by atoms with Crippen molar-refractivity contribution in [3.05, 3.63) is 35.9 Å². The molecule has 0 atom stereocenters. The second kappa shape index (κ2) is 9.37. The number of likely N-dealkylation sites (tertiary alicyclic amines) is 1. The number of carbonyl (C=O) groups excluding carboxylic acids is 3. The molecule has 3 rings (SSSR count). The highest BCUT2D eigenvalue weighted by molar-refractivity contribution is 6.42. The topological polar surface area (TPSA) is 79.4 Å². The Hall–Kier alpha value is -2.45. The summed E-state index contributed by atoms with van der Waals surface area (Å²) in [5.74, 6) is -0.988. The summed E-state index contributed by atoms with van der Waals surface area (Å²) in [4.78, 5) is 42.6. The van der Waals surface area contributed by atoms with Gasteiger partial charge in [-0.15, -0.1) is 0 Å². The molecule has 0 aromatic heterocycles. The third kappa shape index (κ3) is 5.13. The molecule has 1 aromatic carbocycles. The lowest BCUT2D eigenvalue weighted by molar-refractivity contribution is -0.129. The van der Waals surface area contributed by atoms with Gasteiger partial charge >= 0.3 is 6.09 Å². The van der Waals surface area contributed by atoms with E-state index in [1.54, 1.807) is 47.2 Å². The number of amides is 2. The average molecular weight is 403 g/mol. The minimum Gasteiger partial charge on any atom is -0.441 e. The van der Waals surface area contributed by atoms with Crippen LogP contribution < -0.4 is 0 Å². The van der Waals surface area contributed by atoms with Gasteiger partial charge in [0.25, 0.3) is 5.91 Å². The minimum atomic E-state index is -0.561. The predicted octanol–water partition coefficient (Wildman–Crippen LogP) is 1.26. The molecule has 1 aromatic rings. The molecule has 0 bridgehead atoms. The van der Waals surface area contributed by atoms with E-state index in [0.717, 1.165) is 13.1 Å². The second-order valence-electron chi connectivity index (χ2n) is 7.76. The number of Topliss-reactive ketones (excluding diaryl/α,β-unsaturated/α-hetero) is 1. The van der Waals surface area contributed by atoms with Gasteiger partial charge in [-0.2, -0.15) is 0 Å². The van der Waals surface area contributed by atoms with Crippen molar-refractivity contribution >= 4 is 17.8 Å². The number of hydrogen-bond acceptors (Lipinski definition) is 6. The van der Waals surface area contributed by atoms with Crippen LogP contribution in [0.25, 0.3) is 0 Å². The SMILES string of the molecule is COCCN(C)CCN1CC2(CCN(C(=O)C(=O)c3ccccc3)CC2)OC1=O. The third-order valence-electron chi connectivity index (χ3n) is 5.66. The van der Waals surface area contributed by atoms with Gasteiger partial charge in [0, 0.05) is 58.2 Å². The molecular weight excluding hydrogens is 374 g/mol. The van der Waals surface area contributed by atoms with E-state index >= 15 is 0 Å². The second-order valence-corrected chi connectivity index (χ2v) is 7.76. The van der Waals surface area contributed by atoms with Crippen molar-refractivity contribution in [3.63, 3.8) is 0 Å². The van der Waals surface area contributed by atoms with Gasteiger partial charge in [-0.25, -0.2) is 4.79 Å². The smallest absolute Gasteiger partial charge is 0.410 e. The number of piperidine rings is 1. The van der Waals surface area contributed by atoms with Crippen LogP contribution in [0.2, 0.25) is 0 Å². The van der Waals surface area contributed by atoms with E-state index in [2.05, 4.69) is 4.90 Å². The number of benzene rings is 1. The van der Waals surface area contributed by atoms with Crippen LogP contribution in [0.15, 0.2) is 30.3 Å². The van der Waals surface area contributed by atoms with E-state index in [1.165, 1.54) is 0 Å². The average Bonchev–Trinajstić information content (AvgIpc) is 3.05. The van der Waals surface area contributed by atoms with E-state index in [1.807, 2.05) is 7.05 Å². The molecule has 158 valence electrons. The zero-order chi connectivity index (χ0) is 20.9. The highest BCUT2D eigenvalue weighted by Gasteiger charge is 2.47. The van der Waals surface area contributed by atoms with Gasteiger partial charge < -0.3 is 24.2 Å². The molecular formula is C21H29N3O5. The number of ether oxygens (including phenoxy) is 2. The highest BCUT2D eigenvalue weighted by Crippen LogP contribution is 2.33. The van der Waals surface area contributed by atoms with Crippen LogP contribution in [-0.4, -0.2) is 98.1 Å². The van der Waals surface area contributed by atoms with Crippen molar-refractivity contribution in [1.82, 2.24) is 14.7 Å². The van der Waals surface area contributed by atoms with E-state index in [4.69, 9.17) is 9.47 Å². The number of carbonyl (C=O) groups is 3. The molecule has 2 aliphatic rings. The zero-order valence-corrected chi connectivity index (χ0v) is 17.1. The fourth-order valence-corrected chi connectivity index (χ4v) is 3.75. The molecule has 29 heavy (non-hydrogen) atoms. The fourth-order valence-electron chi connectivity index (χ4n) is 3.75. The molecule has 0 aliphatic carbocycles. The Labute approximate surface area is 171 Å². The van der Waals surface area contributed by atoms with Crippen LogP contribution in [0.5, 0.6) is 0 Å². The molecule has 1 spiro atoms. The molecule has 2 heterocycles. The van der Waals surface area contributed by atoms with Gasteiger partial charge in [0.2, 0.25) is 5.78 Å². The number of nitrogens with zero attached hydrogens (tertiary/aromatic N) is 3. The molecule has 2 fully saturated rings. The Bertz CT molecular complexity index is 731. The maximum atomic E-state index is 12.5. The number of hydrogen-bond donors (Lipinski definition) is 0. The lowest BCUT2D eigenvalue weighted by Gasteiger charge is -2.37. The van der Waals surface area contributed by atoms with Gasteiger partial charge in [0.1, 0.15) is 5.60 Å². The molecule has 0 radical (unpaired) electrons.